The molecule has 1 amide bonds. The van der Waals surface area contributed by atoms with Crippen molar-refractivity contribution in [2.45, 2.75) is 32.9 Å². The van der Waals surface area contributed by atoms with E-state index in [1.54, 1.807) is 6.07 Å². The molecule has 0 atom stereocenters. The van der Waals surface area contributed by atoms with E-state index in [0.29, 0.717) is 5.69 Å². The Balaban J connectivity index is 2.20. The van der Waals surface area contributed by atoms with Crippen molar-refractivity contribution in [2.75, 3.05) is 0 Å². The molecule has 2 aromatic rings. The third-order valence-corrected chi connectivity index (χ3v) is 3.57. The van der Waals surface area contributed by atoms with Crippen LogP contribution in [0.15, 0.2) is 17.5 Å². The lowest BCUT2D eigenvalue weighted by molar-refractivity contribution is -0.121. The van der Waals surface area contributed by atoms with Crippen molar-refractivity contribution in [1.82, 2.24) is 20.3 Å². The third-order valence-electron chi connectivity index (χ3n) is 2.69. The van der Waals surface area contributed by atoms with Crippen LogP contribution in [0.2, 0.25) is 0 Å². The van der Waals surface area contributed by atoms with E-state index in [0.717, 1.165) is 4.88 Å². The molecule has 0 spiro atoms. The normalized spacial score (nSPS) is 10.8. The van der Waals surface area contributed by atoms with Crippen LogP contribution in [0.5, 0.6) is 0 Å². The predicted octanol–water partition coefficient (Wildman–Crippen LogP) is 1.62. The first-order valence-electron chi connectivity index (χ1n) is 6.49. The summed E-state index contributed by atoms with van der Waals surface area (Å²) in [6.45, 7) is 4.05. The highest BCUT2D eigenvalue weighted by Crippen LogP contribution is 2.27. The van der Waals surface area contributed by atoms with E-state index >= 15 is 0 Å². The maximum atomic E-state index is 11.7. The molecule has 0 aliphatic heterocycles. The van der Waals surface area contributed by atoms with Crippen molar-refractivity contribution >= 4 is 23.2 Å². The number of carboxylic acid groups (broad SMARTS) is 1. The molecular formula is C13H16N4O3S. The van der Waals surface area contributed by atoms with Crippen LogP contribution in [-0.4, -0.2) is 38.0 Å². The van der Waals surface area contributed by atoms with Gasteiger partial charge in [-0.3, -0.25) is 4.79 Å². The monoisotopic (exact) mass is 308 g/mol. The molecule has 112 valence electrons. The molecule has 8 heteroatoms. The van der Waals surface area contributed by atoms with Crippen LogP contribution < -0.4 is 5.32 Å². The summed E-state index contributed by atoms with van der Waals surface area (Å²) in [4.78, 5) is 23.7. The van der Waals surface area contributed by atoms with E-state index in [2.05, 4.69) is 15.6 Å². The van der Waals surface area contributed by atoms with Gasteiger partial charge < -0.3 is 10.4 Å². The molecule has 0 bridgehead atoms. The Labute approximate surface area is 125 Å². The Morgan fingerprint density at radius 3 is 2.81 bits per heavy atom. The molecule has 0 fully saturated rings. The number of thiophene rings is 1. The van der Waals surface area contributed by atoms with Gasteiger partial charge in [0.25, 0.3) is 0 Å². The lowest BCUT2D eigenvalue weighted by atomic mass is 10.2. The number of aromatic nitrogens is 3. The fourth-order valence-corrected chi connectivity index (χ4v) is 2.65. The van der Waals surface area contributed by atoms with Gasteiger partial charge >= 0.3 is 5.97 Å². The molecule has 0 aliphatic rings. The average molecular weight is 308 g/mol. The summed E-state index contributed by atoms with van der Waals surface area (Å²) in [6.07, 6.45) is 0.221. The summed E-state index contributed by atoms with van der Waals surface area (Å²) in [7, 11) is 0. The van der Waals surface area contributed by atoms with Gasteiger partial charge in [-0.15, -0.1) is 16.4 Å². The Bertz CT molecular complexity index is 634. The van der Waals surface area contributed by atoms with Gasteiger partial charge in [-0.25, -0.2) is 9.48 Å². The molecule has 0 unspecified atom stereocenters. The van der Waals surface area contributed by atoms with Gasteiger partial charge in [0, 0.05) is 12.5 Å². The molecule has 0 saturated carbocycles. The Kier molecular flexibility index (Phi) is 4.69. The molecule has 7 nitrogen and oxygen atoms in total. The summed E-state index contributed by atoms with van der Waals surface area (Å²) >= 11 is 1.41. The van der Waals surface area contributed by atoms with Crippen LogP contribution in [0.1, 0.15) is 30.8 Å². The number of carboxylic acids is 1. The van der Waals surface area contributed by atoms with E-state index in [1.165, 1.54) is 16.0 Å². The number of aryl methyl sites for hydroxylation is 1. The number of nitrogens with zero attached hydrogens (tertiary/aromatic N) is 3. The Hall–Kier alpha value is -2.22. The highest BCUT2D eigenvalue weighted by atomic mass is 32.1. The zero-order valence-electron chi connectivity index (χ0n) is 11.7. The summed E-state index contributed by atoms with van der Waals surface area (Å²) < 4.78 is 1.47. The predicted molar refractivity (Wildman–Crippen MR) is 78.2 cm³/mol. The topological polar surface area (TPSA) is 97.1 Å². The second kappa shape index (κ2) is 6.49. The Morgan fingerprint density at radius 1 is 1.48 bits per heavy atom. The highest BCUT2D eigenvalue weighted by Gasteiger charge is 2.21. The van der Waals surface area contributed by atoms with Gasteiger partial charge in [0.1, 0.15) is 5.69 Å². The van der Waals surface area contributed by atoms with E-state index in [9.17, 15) is 14.7 Å². The van der Waals surface area contributed by atoms with E-state index < -0.39 is 5.97 Å². The zero-order chi connectivity index (χ0) is 15.4. The molecule has 2 aromatic heterocycles. The van der Waals surface area contributed by atoms with Crippen molar-refractivity contribution in [2.24, 2.45) is 0 Å². The number of hydrogen-bond donors (Lipinski definition) is 2. The van der Waals surface area contributed by atoms with E-state index in [-0.39, 0.29) is 30.6 Å². The molecule has 2 rings (SSSR count). The fourth-order valence-electron chi connectivity index (χ4n) is 1.87. The molecule has 21 heavy (non-hydrogen) atoms. The lowest BCUT2D eigenvalue weighted by Crippen LogP contribution is -2.30. The van der Waals surface area contributed by atoms with Crippen LogP contribution in [0, 0.1) is 0 Å². The molecule has 2 heterocycles. The van der Waals surface area contributed by atoms with Gasteiger partial charge in [0.2, 0.25) is 5.91 Å². The molecule has 0 aliphatic carbocycles. The molecule has 0 radical (unpaired) electrons. The number of hydrogen-bond acceptors (Lipinski definition) is 5. The van der Waals surface area contributed by atoms with Gasteiger partial charge in [0.05, 0.1) is 11.4 Å². The summed E-state index contributed by atoms with van der Waals surface area (Å²) in [6, 6.07) is 3.70. The first kappa shape index (κ1) is 15.2. The van der Waals surface area contributed by atoms with Crippen LogP contribution in [-0.2, 0) is 11.3 Å². The number of rotatable bonds is 6. The third kappa shape index (κ3) is 3.66. The van der Waals surface area contributed by atoms with E-state index in [1.807, 2.05) is 25.3 Å². The molecule has 0 aromatic carbocycles. The number of carbonyl (C=O) groups excluding carboxylic acids is 1. The SMILES string of the molecule is CC(C)NC(=O)CCn1nnc(C(=O)O)c1-c1cccs1. The largest absolute Gasteiger partial charge is 0.476 e. The summed E-state index contributed by atoms with van der Waals surface area (Å²) in [5.74, 6) is -1.23. The maximum Gasteiger partial charge on any atom is 0.358 e. The first-order valence-corrected chi connectivity index (χ1v) is 7.37. The lowest BCUT2D eigenvalue weighted by Gasteiger charge is -2.09. The van der Waals surface area contributed by atoms with Crippen molar-refractivity contribution in [3.05, 3.63) is 23.2 Å². The van der Waals surface area contributed by atoms with Crippen molar-refractivity contribution in [3.63, 3.8) is 0 Å². The number of aromatic carboxylic acids is 1. The van der Waals surface area contributed by atoms with Gasteiger partial charge in [-0.05, 0) is 25.3 Å². The number of amides is 1. The summed E-state index contributed by atoms with van der Waals surface area (Å²) in [5, 5.41) is 21.4. The first-order chi connectivity index (χ1) is 9.99. The van der Waals surface area contributed by atoms with Gasteiger partial charge in [-0.2, -0.15) is 0 Å². The van der Waals surface area contributed by atoms with Crippen molar-refractivity contribution in [3.8, 4) is 10.6 Å². The molecule has 0 saturated heterocycles. The van der Waals surface area contributed by atoms with Crippen LogP contribution in [0.4, 0.5) is 0 Å². The molecular weight excluding hydrogens is 292 g/mol. The van der Waals surface area contributed by atoms with Gasteiger partial charge in [0.15, 0.2) is 5.69 Å². The van der Waals surface area contributed by atoms with Crippen molar-refractivity contribution in [1.29, 1.82) is 0 Å². The minimum Gasteiger partial charge on any atom is -0.476 e. The highest BCUT2D eigenvalue weighted by molar-refractivity contribution is 7.13. The quantitative estimate of drug-likeness (QED) is 0.845. The fraction of sp³-hybridized carbons (Fsp3) is 0.385. The summed E-state index contributed by atoms with van der Waals surface area (Å²) in [5.41, 5.74) is 0.344. The van der Waals surface area contributed by atoms with Gasteiger partial charge in [-0.1, -0.05) is 11.3 Å². The average Bonchev–Trinajstić information content (AvgIpc) is 3.04. The van der Waals surface area contributed by atoms with Crippen LogP contribution in [0.3, 0.4) is 0 Å². The minimum absolute atomic E-state index is 0.0691. The smallest absolute Gasteiger partial charge is 0.358 e. The second-order valence-electron chi connectivity index (χ2n) is 4.76. The van der Waals surface area contributed by atoms with Crippen molar-refractivity contribution < 1.29 is 14.7 Å². The number of carbonyl (C=O) groups is 2. The van der Waals surface area contributed by atoms with Crippen LogP contribution >= 0.6 is 11.3 Å². The standard InChI is InChI=1S/C13H16N4O3S/c1-8(2)14-10(18)5-6-17-12(9-4-3-7-21-9)11(13(19)20)15-16-17/h3-4,7-8H,5-6H2,1-2H3,(H,14,18)(H,19,20). The maximum absolute atomic E-state index is 11.7. The minimum atomic E-state index is -1.13. The second-order valence-corrected chi connectivity index (χ2v) is 5.71. The van der Waals surface area contributed by atoms with Crippen LogP contribution in [0.25, 0.3) is 10.6 Å². The zero-order valence-corrected chi connectivity index (χ0v) is 12.6. The Morgan fingerprint density at radius 2 is 2.24 bits per heavy atom. The molecule has 2 N–H and O–H groups in total. The van der Waals surface area contributed by atoms with E-state index in [4.69, 9.17) is 0 Å². The number of nitrogens with one attached hydrogen (secondary N) is 1.